The van der Waals surface area contributed by atoms with E-state index in [2.05, 4.69) is 273 Å². The van der Waals surface area contributed by atoms with E-state index in [4.69, 9.17) is 28.4 Å². The highest BCUT2D eigenvalue weighted by Gasteiger charge is 2.27. The van der Waals surface area contributed by atoms with Gasteiger partial charge < -0.3 is 28.4 Å². The van der Waals surface area contributed by atoms with Crippen molar-refractivity contribution < 1.29 is 28.4 Å². The fraction of sp³-hybridized carbons (Fsp3) is 0.576. The number of hydrogen-bond acceptors (Lipinski definition) is 6. The molecular formula is C99H156O6. The van der Waals surface area contributed by atoms with Crippen LogP contribution in [0.15, 0.2) is 127 Å². The van der Waals surface area contributed by atoms with Crippen LogP contribution in [0.3, 0.4) is 0 Å². The third-order valence-electron chi connectivity index (χ3n) is 18.3. The highest BCUT2D eigenvalue weighted by Crippen LogP contribution is 2.40. The molecule has 0 spiro atoms. The summed E-state index contributed by atoms with van der Waals surface area (Å²) in [7, 11) is 0. The molecule has 7 aromatic carbocycles. The van der Waals surface area contributed by atoms with Crippen LogP contribution < -0.4 is 18.9 Å². The first-order chi connectivity index (χ1) is 49.6. The molecule has 6 aliphatic heterocycles. The highest BCUT2D eigenvalue weighted by molar-refractivity contribution is 5.49. The van der Waals surface area contributed by atoms with Gasteiger partial charge in [0.2, 0.25) is 0 Å². The zero-order chi connectivity index (χ0) is 80.3. The van der Waals surface area contributed by atoms with Crippen LogP contribution in [0.4, 0.5) is 0 Å². The van der Waals surface area contributed by atoms with Gasteiger partial charge in [0.1, 0.15) is 23.0 Å². The third kappa shape index (κ3) is 30.3. The summed E-state index contributed by atoms with van der Waals surface area (Å²) in [6.45, 7) is 81.8. The van der Waals surface area contributed by atoms with Crippen LogP contribution in [-0.2, 0) is 112 Å². The Morgan fingerprint density at radius 3 is 1.04 bits per heavy atom. The molecule has 105 heavy (non-hydrogen) atoms. The van der Waals surface area contributed by atoms with Crippen LogP contribution in [0, 0.1) is 0 Å². The van der Waals surface area contributed by atoms with Gasteiger partial charge in [0.15, 0.2) is 0 Å². The summed E-state index contributed by atoms with van der Waals surface area (Å²) in [5, 5.41) is 0. The van der Waals surface area contributed by atoms with Crippen molar-refractivity contribution in [3.05, 3.63) is 222 Å². The van der Waals surface area contributed by atoms with Gasteiger partial charge in [0.25, 0.3) is 0 Å². The molecule has 0 atom stereocenters. The number of ether oxygens (including phenoxy) is 6. The molecule has 7 aromatic rings. The summed E-state index contributed by atoms with van der Waals surface area (Å²) >= 11 is 0. The molecule has 0 unspecified atom stereocenters. The molecule has 0 aromatic heterocycles. The lowest BCUT2D eigenvalue weighted by atomic mass is 9.83. The molecule has 0 saturated heterocycles. The predicted octanol–water partition coefficient (Wildman–Crippen LogP) is 28.4. The minimum Gasteiger partial charge on any atom is -0.493 e. The molecule has 0 radical (unpaired) electrons. The molecule has 6 heterocycles. The second-order valence-electron chi connectivity index (χ2n) is 33.1. The number of hydrogen-bond donors (Lipinski definition) is 0. The molecule has 0 amide bonds. The van der Waals surface area contributed by atoms with Gasteiger partial charge in [0.05, 0.1) is 52.9 Å². The SMILES string of the molecule is CC.CC.CC.CC.CC.CC.CC.CC(C)(C)c1ccc2c(c1)CCO2.CC(C)(C)c1ccc2c(c1)COC2.CC(C)(C)c1ccc2c(c1)COC2.CC(C)(C)c1ccc2c(c1)OCC2.CC(C)(C)c1cccc2c1CCC2.CC(C)(C)c1cccc2c1CCO2.CC(C)(C)c1cccc2c1OCC2. The maximum atomic E-state index is 5.66. The predicted molar refractivity (Wildman–Crippen MR) is 461 cm³/mol. The first kappa shape index (κ1) is 96.7. The first-order valence-electron chi connectivity index (χ1n) is 41.1. The maximum absolute atomic E-state index is 5.66. The summed E-state index contributed by atoms with van der Waals surface area (Å²) in [4.78, 5) is 0. The average molecular weight is 1440 g/mol. The maximum Gasteiger partial charge on any atom is 0.126 e. The van der Waals surface area contributed by atoms with E-state index in [9.17, 15) is 0 Å². The fourth-order valence-corrected chi connectivity index (χ4v) is 12.6. The molecule has 0 saturated carbocycles. The Morgan fingerprint density at radius 2 is 0.571 bits per heavy atom. The van der Waals surface area contributed by atoms with Crippen LogP contribution in [0.5, 0.6) is 23.0 Å². The van der Waals surface area contributed by atoms with Crippen LogP contribution in [0.25, 0.3) is 0 Å². The van der Waals surface area contributed by atoms with Gasteiger partial charge in [-0.15, -0.1) is 0 Å². The van der Waals surface area contributed by atoms with Crippen molar-refractivity contribution >= 4 is 0 Å². The monoisotopic (exact) mass is 1440 g/mol. The molecule has 6 nitrogen and oxygen atoms in total. The Kier molecular flexibility index (Phi) is 42.5. The van der Waals surface area contributed by atoms with Gasteiger partial charge in [-0.25, -0.2) is 0 Å². The Hall–Kier alpha value is -6.34. The quantitative estimate of drug-likeness (QED) is 0.151. The molecule has 7 aliphatic rings. The van der Waals surface area contributed by atoms with Crippen molar-refractivity contribution in [1.29, 1.82) is 0 Å². The summed E-state index contributed by atoms with van der Waals surface area (Å²) in [5.74, 6) is 4.39. The van der Waals surface area contributed by atoms with Crippen molar-refractivity contribution in [2.24, 2.45) is 0 Å². The molecule has 14 rings (SSSR count). The van der Waals surface area contributed by atoms with Crippen molar-refractivity contribution in [1.82, 2.24) is 0 Å². The van der Waals surface area contributed by atoms with Crippen molar-refractivity contribution in [3.63, 3.8) is 0 Å². The smallest absolute Gasteiger partial charge is 0.126 e. The summed E-state index contributed by atoms with van der Waals surface area (Å²) < 4.78 is 33.0. The van der Waals surface area contributed by atoms with Gasteiger partial charge in [0, 0.05) is 31.2 Å². The zero-order valence-corrected chi connectivity index (χ0v) is 74.2. The van der Waals surface area contributed by atoms with Gasteiger partial charge >= 0.3 is 0 Å². The largest absolute Gasteiger partial charge is 0.493 e. The number of benzene rings is 7. The number of rotatable bonds is 0. The number of fused-ring (bicyclic) bond motifs is 7. The lowest BCUT2D eigenvalue weighted by Crippen LogP contribution is -2.13. The highest BCUT2D eigenvalue weighted by atomic mass is 16.5. The third-order valence-corrected chi connectivity index (χ3v) is 18.3. The second-order valence-corrected chi connectivity index (χ2v) is 33.1. The summed E-state index contributed by atoms with van der Waals surface area (Å²) in [6, 6.07) is 46.2. The van der Waals surface area contributed by atoms with Crippen molar-refractivity contribution in [3.8, 4) is 23.0 Å². The van der Waals surface area contributed by atoms with E-state index in [1.165, 1.54) is 97.2 Å². The van der Waals surface area contributed by atoms with E-state index >= 15 is 0 Å². The normalized spacial score (nSPS) is 13.9. The Morgan fingerprint density at radius 1 is 0.229 bits per heavy atom. The number of aryl methyl sites for hydroxylation is 1. The second kappa shape index (κ2) is 46.1. The molecule has 6 heteroatoms. The molecular weight excluding hydrogens is 1290 g/mol. The zero-order valence-electron chi connectivity index (χ0n) is 74.2. The summed E-state index contributed by atoms with van der Waals surface area (Å²) in [5.41, 5.74) is 25.8. The van der Waals surface area contributed by atoms with Gasteiger partial charge in [-0.05, 0) is 164 Å². The molecule has 0 bridgehead atoms. The topological polar surface area (TPSA) is 55.4 Å². The van der Waals surface area contributed by atoms with Crippen molar-refractivity contribution in [2.45, 2.75) is 352 Å². The average Bonchev–Trinajstić information content (AvgIpc) is 1.72. The lowest BCUT2D eigenvalue weighted by Gasteiger charge is -2.22. The molecule has 588 valence electrons. The van der Waals surface area contributed by atoms with E-state index in [-0.39, 0.29) is 32.5 Å². The van der Waals surface area contributed by atoms with E-state index in [0.717, 1.165) is 102 Å². The Labute approximate surface area is 647 Å². The molecule has 0 fully saturated rings. The van der Waals surface area contributed by atoms with Gasteiger partial charge in [-0.3, -0.25) is 0 Å². The minimum absolute atomic E-state index is 0.190. The van der Waals surface area contributed by atoms with Crippen LogP contribution in [0.2, 0.25) is 0 Å². The fourth-order valence-electron chi connectivity index (χ4n) is 12.6. The Bertz CT molecular complexity index is 3140. The van der Waals surface area contributed by atoms with E-state index in [0.29, 0.717) is 5.41 Å². The first-order valence-corrected chi connectivity index (χ1v) is 41.1. The summed E-state index contributed by atoms with van der Waals surface area (Å²) in [6.07, 6.45) is 8.21. The molecule has 1 aliphatic carbocycles. The van der Waals surface area contributed by atoms with Gasteiger partial charge in [-0.1, -0.05) is 352 Å². The van der Waals surface area contributed by atoms with E-state index < -0.39 is 0 Å². The Balaban J connectivity index is 0.000000595. The molecule has 0 N–H and O–H groups in total. The van der Waals surface area contributed by atoms with Crippen LogP contribution in [-0.4, -0.2) is 26.4 Å². The lowest BCUT2D eigenvalue weighted by molar-refractivity contribution is 0.134. The standard InChI is InChI=1S/C13H18.6C12H16O.7C2H6/c1-13(2,3)12-9-5-7-10-6-4-8-11(10)12;2*1-12(2,3)11-5-4-9-7-13-8-10(9)6-11;1-12(2,3)10-4-5-11-9(8-10)6-7-13-11;1-12(2,3)10-5-4-9-6-7-13-11(9)8-10;1-12(2,3)10-5-4-6-11-9(10)7-8-13-11;1-12(2,3)10-6-4-5-9-7-8-13-11(9)10;7*1-2/h5,7,9H,4,6,8H2,1-3H3;2*4-6H,7-8H2,1-3H3;2*4-5,8H,6-7H2,1-3H3;2*4-6H,7-8H2,1-3H3;7*1-2H3. The van der Waals surface area contributed by atoms with Crippen LogP contribution in [0.1, 0.15) is 343 Å². The van der Waals surface area contributed by atoms with E-state index in [1.807, 2.05) is 96.9 Å². The number of para-hydroxylation sites is 1. The van der Waals surface area contributed by atoms with Gasteiger partial charge in [-0.2, -0.15) is 0 Å². The minimum atomic E-state index is 0.190. The van der Waals surface area contributed by atoms with Crippen LogP contribution >= 0.6 is 0 Å². The van der Waals surface area contributed by atoms with E-state index in [1.54, 1.807) is 16.7 Å². The van der Waals surface area contributed by atoms with Crippen molar-refractivity contribution in [2.75, 3.05) is 26.4 Å².